The summed E-state index contributed by atoms with van der Waals surface area (Å²) in [6, 6.07) is 0. The largest absolute Gasteiger partial charge is 0.475 e. The Bertz CT molecular complexity index is 425. The fraction of sp³-hybridized carbons (Fsp3) is 0.714. The molecule has 0 radical (unpaired) electrons. The summed E-state index contributed by atoms with van der Waals surface area (Å²) < 4.78 is 11.2. The van der Waals surface area contributed by atoms with Crippen LogP contribution in [0, 0.1) is 6.92 Å². The molecule has 0 aliphatic heterocycles. The van der Waals surface area contributed by atoms with E-state index >= 15 is 0 Å². The molecule has 0 aliphatic carbocycles. The van der Waals surface area contributed by atoms with E-state index in [0.29, 0.717) is 30.7 Å². The van der Waals surface area contributed by atoms with E-state index in [2.05, 4.69) is 9.97 Å². The highest BCUT2D eigenvalue weighted by Crippen LogP contribution is 2.22. The molecule has 0 fully saturated rings. The first-order chi connectivity index (χ1) is 8.70. The van der Waals surface area contributed by atoms with Crippen LogP contribution in [0.4, 0.5) is 5.82 Å². The van der Waals surface area contributed by atoms with Crippen molar-refractivity contribution in [3.63, 3.8) is 0 Å². The Morgan fingerprint density at radius 3 is 2.32 bits per heavy atom. The first kappa shape index (κ1) is 15.7. The zero-order chi connectivity index (χ0) is 14.6. The van der Waals surface area contributed by atoms with E-state index in [1.54, 1.807) is 0 Å². The van der Waals surface area contributed by atoms with E-state index < -0.39 is 0 Å². The highest BCUT2D eigenvalue weighted by atomic mass is 16.5. The van der Waals surface area contributed by atoms with Gasteiger partial charge in [0.2, 0.25) is 5.88 Å². The Kier molecular flexibility index (Phi) is 5.11. The molecule has 0 bridgehead atoms. The molecule has 0 aliphatic rings. The third-order valence-electron chi connectivity index (χ3n) is 2.53. The van der Waals surface area contributed by atoms with E-state index in [4.69, 9.17) is 15.2 Å². The Morgan fingerprint density at radius 1 is 1.16 bits per heavy atom. The first-order valence-corrected chi connectivity index (χ1v) is 6.61. The van der Waals surface area contributed by atoms with Gasteiger partial charge in [0.15, 0.2) is 0 Å². The zero-order valence-electron chi connectivity index (χ0n) is 12.8. The number of hydrogen-bond acceptors (Lipinski definition) is 5. The Hall–Kier alpha value is -1.36. The van der Waals surface area contributed by atoms with Gasteiger partial charge in [-0.2, -0.15) is 4.98 Å². The van der Waals surface area contributed by atoms with E-state index in [9.17, 15) is 0 Å². The van der Waals surface area contributed by atoms with Crippen molar-refractivity contribution in [2.75, 3.05) is 18.9 Å². The summed E-state index contributed by atoms with van der Waals surface area (Å²) in [5.74, 6) is 1.95. The van der Waals surface area contributed by atoms with Crippen LogP contribution in [0.5, 0.6) is 5.88 Å². The highest BCUT2D eigenvalue weighted by molar-refractivity contribution is 5.44. The van der Waals surface area contributed by atoms with Crippen LogP contribution in [0.15, 0.2) is 0 Å². The average molecular weight is 267 g/mol. The summed E-state index contributed by atoms with van der Waals surface area (Å²) in [5, 5.41) is 0. The zero-order valence-corrected chi connectivity index (χ0v) is 12.8. The van der Waals surface area contributed by atoms with Gasteiger partial charge in [0.1, 0.15) is 18.2 Å². The number of nitrogens with zero attached hydrogens (tertiary/aromatic N) is 2. The number of nitrogen functional groups attached to an aromatic ring is 1. The van der Waals surface area contributed by atoms with Crippen LogP contribution in [-0.4, -0.2) is 28.8 Å². The lowest BCUT2D eigenvalue weighted by Gasteiger charge is -2.19. The lowest BCUT2D eigenvalue weighted by Crippen LogP contribution is -2.23. The molecule has 0 unspecified atom stereocenters. The molecule has 1 aromatic rings. The molecular weight excluding hydrogens is 242 g/mol. The normalized spacial score (nSPS) is 11.9. The Labute approximate surface area is 115 Å². The van der Waals surface area contributed by atoms with Gasteiger partial charge in [-0.1, -0.05) is 13.8 Å². The Morgan fingerprint density at radius 2 is 1.79 bits per heavy atom. The number of aromatic nitrogens is 2. The van der Waals surface area contributed by atoms with Crippen molar-refractivity contribution in [3.05, 3.63) is 11.4 Å². The van der Waals surface area contributed by atoms with Gasteiger partial charge in [-0.3, -0.25) is 0 Å². The maximum atomic E-state index is 5.87. The van der Waals surface area contributed by atoms with Crippen molar-refractivity contribution < 1.29 is 9.47 Å². The summed E-state index contributed by atoms with van der Waals surface area (Å²) in [5.41, 5.74) is 6.49. The molecule has 0 saturated heterocycles. The average Bonchev–Trinajstić information content (AvgIpc) is 2.27. The monoisotopic (exact) mass is 267 g/mol. The molecule has 0 amide bonds. The van der Waals surface area contributed by atoms with Gasteiger partial charge >= 0.3 is 0 Å². The van der Waals surface area contributed by atoms with Crippen molar-refractivity contribution in [3.8, 4) is 5.88 Å². The number of nitrogens with two attached hydrogens (primary N) is 1. The predicted molar refractivity (Wildman–Crippen MR) is 76.5 cm³/mol. The van der Waals surface area contributed by atoms with Gasteiger partial charge in [0, 0.05) is 5.92 Å². The molecule has 1 aromatic heterocycles. The van der Waals surface area contributed by atoms with Gasteiger partial charge in [0.25, 0.3) is 0 Å². The first-order valence-electron chi connectivity index (χ1n) is 6.61. The van der Waals surface area contributed by atoms with E-state index in [1.165, 1.54) is 0 Å². The van der Waals surface area contributed by atoms with E-state index in [0.717, 1.165) is 5.56 Å². The topological polar surface area (TPSA) is 70.3 Å². The quantitative estimate of drug-likeness (QED) is 0.830. The number of rotatable bonds is 5. The molecule has 0 atom stereocenters. The number of hydrogen-bond donors (Lipinski definition) is 1. The van der Waals surface area contributed by atoms with Crippen LogP contribution in [0.1, 0.15) is 51.9 Å². The molecule has 108 valence electrons. The van der Waals surface area contributed by atoms with Crippen molar-refractivity contribution in [1.82, 2.24) is 9.97 Å². The molecular formula is C14H25N3O2. The van der Waals surface area contributed by atoms with Gasteiger partial charge in [-0.05, 0) is 27.7 Å². The Balaban J connectivity index is 2.67. The lowest BCUT2D eigenvalue weighted by atomic mass is 10.2. The molecule has 0 spiro atoms. The molecule has 0 aromatic carbocycles. The molecule has 19 heavy (non-hydrogen) atoms. The van der Waals surface area contributed by atoms with Crippen molar-refractivity contribution in [2.45, 2.75) is 53.1 Å². The molecule has 5 nitrogen and oxygen atoms in total. The fourth-order valence-electron chi connectivity index (χ4n) is 1.41. The third kappa shape index (κ3) is 5.03. The van der Waals surface area contributed by atoms with Crippen LogP contribution in [-0.2, 0) is 4.74 Å². The van der Waals surface area contributed by atoms with Gasteiger partial charge in [0.05, 0.1) is 17.8 Å². The summed E-state index contributed by atoms with van der Waals surface area (Å²) in [6.45, 7) is 12.9. The van der Waals surface area contributed by atoms with Gasteiger partial charge in [-0.15, -0.1) is 0 Å². The van der Waals surface area contributed by atoms with E-state index in [-0.39, 0.29) is 11.5 Å². The van der Waals surface area contributed by atoms with Gasteiger partial charge in [-0.25, -0.2) is 4.98 Å². The summed E-state index contributed by atoms with van der Waals surface area (Å²) in [7, 11) is 0. The highest BCUT2D eigenvalue weighted by Gasteiger charge is 2.13. The lowest BCUT2D eigenvalue weighted by molar-refractivity contribution is -0.0169. The van der Waals surface area contributed by atoms with Crippen molar-refractivity contribution in [2.24, 2.45) is 0 Å². The maximum absolute atomic E-state index is 5.87. The van der Waals surface area contributed by atoms with Gasteiger partial charge < -0.3 is 15.2 Å². The maximum Gasteiger partial charge on any atom is 0.221 e. The van der Waals surface area contributed by atoms with Crippen molar-refractivity contribution >= 4 is 5.82 Å². The SMILES string of the molecule is Cc1c(N)nc(C(C)C)nc1OCCOC(C)(C)C. The van der Waals surface area contributed by atoms with Crippen molar-refractivity contribution in [1.29, 1.82) is 0 Å². The fourth-order valence-corrected chi connectivity index (χ4v) is 1.41. The molecule has 2 N–H and O–H groups in total. The van der Waals surface area contributed by atoms with Crippen LogP contribution < -0.4 is 10.5 Å². The molecule has 1 heterocycles. The predicted octanol–water partition coefficient (Wildman–Crippen LogP) is 2.68. The second kappa shape index (κ2) is 6.19. The van der Waals surface area contributed by atoms with E-state index in [1.807, 2.05) is 41.5 Å². The number of ether oxygens (including phenoxy) is 2. The smallest absolute Gasteiger partial charge is 0.221 e. The standard InChI is InChI=1S/C14H25N3O2/c1-9(2)12-16-11(15)10(3)13(17-12)18-7-8-19-14(4,5)6/h9H,7-8H2,1-6H3,(H2,15,16,17). The molecule has 5 heteroatoms. The summed E-state index contributed by atoms with van der Waals surface area (Å²) in [4.78, 5) is 8.65. The minimum atomic E-state index is -0.161. The van der Waals surface area contributed by atoms with Crippen LogP contribution in [0.25, 0.3) is 0 Å². The van der Waals surface area contributed by atoms with Crippen LogP contribution in [0.2, 0.25) is 0 Å². The minimum Gasteiger partial charge on any atom is -0.475 e. The second-order valence-electron chi connectivity index (χ2n) is 5.86. The molecule has 0 saturated carbocycles. The minimum absolute atomic E-state index is 0.161. The summed E-state index contributed by atoms with van der Waals surface area (Å²) in [6.07, 6.45) is 0. The molecule has 1 rings (SSSR count). The summed E-state index contributed by atoms with van der Waals surface area (Å²) >= 11 is 0. The van der Waals surface area contributed by atoms with Crippen LogP contribution >= 0.6 is 0 Å². The number of anilines is 1. The van der Waals surface area contributed by atoms with Crippen LogP contribution in [0.3, 0.4) is 0 Å². The second-order valence-corrected chi connectivity index (χ2v) is 5.86. The third-order valence-corrected chi connectivity index (χ3v) is 2.53.